The van der Waals surface area contributed by atoms with Crippen LogP contribution in [0.15, 0.2) is 22.9 Å². The Morgan fingerprint density at radius 1 is 1.32 bits per heavy atom. The van der Waals surface area contributed by atoms with E-state index < -0.39 is 11.6 Å². The number of halogens is 3. The number of rotatable bonds is 5. The molecule has 0 fully saturated rings. The Morgan fingerprint density at radius 3 is 2.63 bits per heavy atom. The summed E-state index contributed by atoms with van der Waals surface area (Å²) in [5.41, 5.74) is -0.158. The Kier molecular flexibility index (Phi) is 4.47. The molecule has 4 nitrogen and oxygen atoms in total. The Balaban J connectivity index is 2.12. The minimum Gasteiger partial charge on any atom is -0.373 e. The van der Waals surface area contributed by atoms with E-state index in [1.54, 1.807) is 4.68 Å². The summed E-state index contributed by atoms with van der Waals surface area (Å²) in [5.74, 6) is -0.648. The van der Waals surface area contributed by atoms with Gasteiger partial charge in [0.15, 0.2) is 0 Å². The van der Waals surface area contributed by atoms with E-state index in [-0.39, 0.29) is 12.2 Å². The third-order valence-electron chi connectivity index (χ3n) is 2.56. The fourth-order valence-corrected chi connectivity index (χ4v) is 2.10. The van der Waals surface area contributed by atoms with Gasteiger partial charge in [0.1, 0.15) is 29.5 Å². The number of hydrogen-bond acceptors (Lipinski definition) is 3. The fourth-order valence-electron chi connectivity index (χ4n) is 1.70. The highest BCUT2D eigenvalue weighted by Crippen LogP contribution is 2.24. The summed E-state index contributed by atoms with van der Waals surface area (Å²) in [6, 6.07) is 2.42. The van der Waals surface area contributed by atoms with Crippen molar-refractivity contribution in [3.05, 3.63) is 40.4 Å². The van der Waals surface area contributed by atoms with Gasteiger partial charge in [0, 0.05) is 11.0 Å². The molecule has 19 heavy (non-hydrogen) atoms. The first-order valence-electron chi connectivity index (χ1n) is 5.87. The summed E-state index contributed by atoms with van der Waals surface area (Å²) < 4.78 is 29.3. The first-order chi connectivity index (χ1) is 9.11. The van der Waals surface area contributed by atoms with Crippen molar-refractivity contribution in [1.29, 1.82) is 0 Å². The third-order valence-corrected chi connectivity index (χ3v) is 3.02. The van der Waals surface area contributed by atoms with Crippen molar-refractivity contribution < 1.29 is 8.78 Å². The molecule has 2 aromatic rings. The molecule has 2 rings (SSSR count). The molecule has 0 aliphatic heterocycles. The van der Waals surface area contributed by atoms with Crippen molar-refractivity contribution in [2.45, 2.75) is 26.4 Å². The summed E-state index contributed by atoms with van der Waals surface area (Å²) >= 11 is 3.03. The van der Waals surface area contributed by atoms with Crippen LogP contribution in [0.5, 0.6) is 0 Å². The fraction of sp³-hybridized carbons (Fsp3) is 0.333. The van der Waals surface area contributed by atoms with Crippen LogP contribution in [0.1, 0.15) is 19.2 Å². The van der Waals surface area contributed by atoms with Gasteiger partial charge in [-0.2, -0.15) is 5.10 Å². The maximum atomic E-state index is 13.6. The molecule has 1 N–H and O–H groups in total. The van der Waals surface area contributed by atoms with E-state index in [2.05, 4.69) is 31.3 Å². The predicted octanol–water partition coefficient (Wildman–Crippen LogP) is 3.34. The summed E-state index contributed by atoms with van der Waals surface area (Å²) in [6.45, 7) is 2.96. The minimum atomic E-state index is -0.645. The average molecular weight is 331 g/mol. The van der Waals surface area contributed by atoms with Crippen LogP contribution in [0.2, 0.25) is 0 Å². The Hall–Kier alpha value is -1.50. The van der Waals surface area contributed by atoms with Crippen molar-refractivity contribution in [2.24, 2.45) is 0 Å². The third kappa shape index (κ3) is 3.28. The quantitative estimate of drug-likeness (QED) is 0.914. The first-order valence-corrected chi connectivity index (χ1v) is 6.66. The molecule has 0 spiro atoms. The zero-order chi connectivity index (χ0) is 13.8. The number of anilines is 1. The van der Waals surface area contributed by atoms with E-state index in [1.165, 1.54) is 18.5 Å². The van der Waals surface area contributed by atoms with Crippen LogP contribution in [0.25, 0.3) is 0 Å². The maximum Gasteiger partial charge on any atom is 0.150 e. The highest BCUT2D eigenvalue weighted by Gasteiger charge is 2.11. The standard InChI is InChI=1S/C12H13BrF2N4/c1-2-3-19-11(17-7-18-19)6-16-12-9(14)4-8(13)5-10(12)15/h4-5,7,16H,2-3,6H2,1H3. The molecule has 1 aromatic carbocycles. The molecule has 0 atom stereocenters. The number of nitrogens with one attached hydrogen (secondary N) is 1. The first kappa shape index (κ1) is 13.9. The second-order valence-corrected chi connectivity index (χ2v) is 4.91. The number of aryl methyl sites for hydroxylation is 1. The van der Waals surface area contributed by atoms with Gasteiger partial charge < -0.3 is 5.32 Å². The molecule has 0 saturated carbocycles. The Labute approximate surface area is 118 Å². The lowest BCUT2D eigenvalue weighted by atomic mass is 10.3. The summed E-state index contributed by atoms with van der Waals surface area (Å²) in [7, 11) is 0. The van der Waals surface area contributed by atoms with Crippen molar-refractivity contribution in [3.8, 4) is 0 Å². The molecule has 0 amide bonds. The lowest BCUT2D eigenvalue weighted by molar-refractivity contribution is 0.567. The predicted molar refractivity (Wildman–Crippen MR) is 71.7 cm³/mol. The molecule has 0 aliphatic carbocycles. The summed E-state index contributed by atoms with van der Waals surface area (Å²) in [6.07, 6.45) is 2.35. The number of hydrogen-bond donors (Lipinski definition) is 1. The minimum absolute atomic E-state index is 0.158. The van der Waals surface area contributed by atoms with E-state index in [9.17, 15) is 8.78 Å². The Bertz CT molecular complexity index is 548. The number of aromatic nitrogens is 3. The van der Waals surface area contributed by atoms with Crippen LogP contribution in [0.4, 0.5) is 14.5 Å². The molecule has 0 radical (unpaired) electrons. The van der Waals surface area contributed by atoms with Crippen LogP contribution in [-0.2, 0) is 13.1 Å². The van der Waals surface area contributed by atoms with E-state index in [0.717, 1.165) is 13.0 Å². The molecule has 0 saturated heterocycles. The van der Waals surface area contributed by atoms with E-state index >= 15 is 0 Å². The highest BCUT2D eigenvalue weighted by atomic mass is 79.9. The van der Waals surface area contributed by atoms with E-state index in [4.69, 9.17) is 0 Å². The summed E-state index contributed by atoms with van der Waals surface area (Å²) in [5, 5.41) is 6.76. The van der Waals surface area contributed by atoms with Gasteiger partial charge in [0.2, 0.25) is 0 Å². The monoisotopic (exact) mass is 330 g/mol. The zero-order valence-corrected chi connectivity index (χ0v) is 11.9. The number of benzene rings is 1. The molecular weight excluding hydrogens is 318 g/mol. The van der Waals surface area contributed by atoms with Crippen LogP contribution >= 0.6 is 15.9 Å². The van der Waals surface area contributed by atoms with Crippen molar-refractivity contribution in [2.75, 3.05) is 5.32 Å². The van der Waals surface area contributed by atoms with Gasteiger partial charge in [-0.05, 0) is 18.6 Å². The maximum absolute atomic E-state index is 13.6. The summed E-state index contributed by atoms with van der Waals surface area (Å²) in [4.78, 5) is 4.06. The van der Waals surface area contributed by atoms with Crippen molar-refractivity contribution >= 4 is 21.6 Å². The SMILES string of the molecule is CCCn1ncnc1CNc1c(F)cc(Br)cc1F. The molecule has 1 heterocycles. The smallest absolute Gasteiger partial charge is 0.150 e. The van der Waals surface area contributed by atoms with Crippen molar-refractivity contribution in [1.82, 2.24) is 14.8 Å². The number of nitrogens with zero attached hydrogens (tertiary/aromatic N) is 3. The average Bonchev–Trinajstić information content (AvgIpc) is 2.76. The van der Waals surface area contributed by atoms with Gasteiger partial charge in [-0.25, -0.2) is 18.4 Å². The van der Waals surface area contributed by atoms with Gasteiger partial charge in [-0.1, -0.05) is 22.9 Å². The van der Waals surface area contributed by atoms with Crippen LogP contribution in [0.3, 0.4) is 0 Å². The largest absolute Gasteiger partial charge is 0.373 e. The molecule has 7 heteroatoms. The van der Waals surface area contributed by atoms with Gasteiger partial charge >= 0.3 is 0 Å². The lowest BCUT2D eigenvalue weighted by Crippen LogP contribution is -2.11. The van der Waals surface area contributed by atoms with Gasteiger partial charge in [-0.3, -0.25) is 0 Å². The molecule has 0 unspecified atom stereocenters. The van der Waals surface area contributed by atoms with Gasteiger partial charge in [0.25, 0.3) is 0 Å². The molecule has 1 aromatic heterocycles. The molecular formula is C12H13BrF2N4. The lowest BCUT2D eigenvalue weighted by Gasteiger charge is -2.09. The normalized spacial score (nSPS) is 10.7. The highest BCUT2D eigenvalue weighted by molar-refractivity contribution is 9.10. The Morgan fingerprint density at radius 2 is 2.00 bits per heavy atom. The van der Waals surface area contributed by atoms with Crippen LogP contribution in [0, 0.1) is 11.6 Å². The topological polar surface area (TPSA) is 42.7 Å². The molecule has 0 aliphatic rings. The second-order valence-electron chi connectivity index (χ2n) is 4.00. The van der Waals surface area contributed by atoms with E-state index in [0.29, 0.717) is 10.3 Å². The van der Waals surface area contributed by atoms with Crippen LogP contribution in [-0.4, -0.2) is 14.8 Å². The molecule has 102 valence electrons. The van der Waals surface area contributed by atoms with Crippen molar-refractivity contribution in [3.63, 3.8) is 0 Å². The van der Waals surface area contributed by atoms with Crippen LogP contribution < -0.4 is 5.32 Å². The van der Waals surface area contributed by atoms with Gasteiger partial charge in [-0.15, -0.1) is 0 Å². The molecule has 0 bridgehead atoms. The van der Waals surface area contributed by atoms with Gasteiger partial charge in [0.05, 0.1) is 6.54 Å². The zero-order valence-electron chi connectivity index (χ0n) is 10.3. The van der Waals surface area contributed by atoms with E-state index in [1.807, 2.05) is 6.92 Å². The second kappa shape index (κ2) is 6.10.